The minimum atomic E-state index is 0.315. The quantitative estimate of drug-likeness (QED) is 0.758. The average Bonchev–Trinajstić information content (AvgIpc) is 2.69. The van der Waals surface area contributed by atoms with Gasteiger partial charge in [0, 0.05) is 12.5 Å². The Kier molecular flexibility index (Phi) is 4.74. The van der Waals surface area contributed by atoms with Crippen molar-refractivity contribution in [3.05, 3.63) is 24.2 Å². The molecule has 1 rings (SSSR count). The molecule has 0 bridgehead atoms. The van der Waals surface area contributed by atoms with E-state index in [0.717, 1.165) is 18.6 Å². The Morgan fingerprint density at radius 1 is 1.36 bits per heavy atom. The van der Waals surface area contributed by atoms with Gasteiger partial charge in [0.2, 0.25) is 0 Å². The second-order valence-electron chi connectivity index (χ2n) is 3.86. The second kappa shape index (κ2) is 5.86. The Morgan fingerprint density at radius 3 is 2.57 bits per heavy atom. The van der Waals surface area contributed by atoms with Crippen LogP contribution in [0.1, 0.15) is 38.9 Å². The van der Waals surface area contributed by atoms with Crippen LogP contribution in [0, 0.1) is 5.92 Å². The average molecular weight is 195 g/mol. The molecular formula is C12H21NO. The molecule has 2 nitrogen and oxygen atoms in total. The molecule has 1 heterocycles. The molecule has 1 unspecified atom stereocenters. The summed E-state index contributed by atoms with van der Waals surface area (Å²) >= 11 is 0. The fourth-order valence-corrected chi connectivity index (χ4v) is 1.89. The van der Waals surface area contributed by atoms with E-state index in [1.807, 2.05) is 12.1 Å². The summed E-state index contributed by atoms with van der Waals surface area (Å²) in [5.41, 5.74) is 6.11. The minimum Gasteiger partial charge on any atom is -0.469 e. The van der Waals surface area contributed by atoms with Crippen molar-refractivity contribution in [2.75, 3.05) is 0 Å². The zero-order valence-corrected chi connectivity index (χ0v) is 9.20. The summed E-state index contributed by atoms with van der Waals surface area (Å²) in [6, 6.07) is 4.26. The van der Waals surface area contributed by atoms with Gasteiger partial charge >= 0.3 is 0 Å². The van der Waals surface area contributed by atoms with Gasteiger partial charge < -0.3 is 10.2 Å². The fourth-order valence-electron chi connectivity index (χ4n) is 1.89. The van der Waals surface area contributed by atoms with Crippen LogP contribution in [0.2, 0.25) is 0 Å². The van der Waals surface area contributed by atoms with Crippen LogP contribution in [0.3, 0.4) is 0 Å². The standard InChI is InChI=1S/C12H21NO/c1-3-10(4-2)12(13)8-7-11-6-5-9-14-11/h5-6,9-10,12H,3-4,7-8,13H2,1-2H3. The number of furan rings is 1. The smallest absolute Gasteiger partial charge is 0.103 e. The van der Waals surface area contributed by atoms with Crippen molar-refractivity contribution in [1.82, 2.24) is 0 Å². The van der Waals surface area contributed by atoms with Gasteiger partial charge in [-0.2, -0.15) is 0 Å². The Labute approximate surface area is 86.5 Å². The third kappa shape index (κ3) is 3.18. The molecule has 2 N–H and O–H groups in total. The topological polar surface area (TPSA) is 39.2 Å². The summed E-state index contributed by atoms with van der Waals surface area (Å²) in [5.74, 6) is 1.70. The molecule has 0 saturated carbocycles. The normalized spacial score (nSPS) is 13.4. The molecule has 0 aliphatic heterocycles. The fraction of sp³-hybridized carbons (Fsp3) is 0.667. The number of nitrogens with two attached hydrogens (primary N) is 1. The molecule has 1 aromatic rings. The van der Waals surface area contributed by atoms with E-state index in [1.165, 1.54) is 12.8 Å². The lowest BCUT2D eigenvalue weighted by atomic mass is 9.91. The van der Waals surface area contributed by atoms with Crippen LogP contribution >= 0.6 is 0 Å². The number of hydrogen-bond donors (Lipinski definition) is 1. The highest BCUT2D eigenvalue weighted by Crippen LogP contribution is 2.16. The maximum atomic E-state index is 6.11. The van der Waals surface area contributed by atoms with Gasteiger partial charge in [0.05, 0.1) is 6.26 Å². The molecular weight excluding hydrogens is 174 g/mol. The van der Waals surface area contributed by atoms with E-state index in [2.05, 4.69) is 13.8 Å². The molecule has 0 aliphatic carbocycles. The Bertz CT molecular complexity index is 226. The predicted molar refractivity (Wildman–Crippen MR) is 59.1 cm³/mol. The van der Waals surface area contributed by atoms with Crippen molar-refractivity contribution < 1.29 is 4.42 Å². The lowest BCUT2D eigenvalue weighted by molar-refractivity contribution is 0.367. The molecule has 0 saturated heterocycles. The lowest BCUT2D eigenvalue weighted by Crippen LogP contribution is -2.29. The highest BCUT2D eigenvalue weighted by atomic mass is 16.3. The summed E-state index contributed by atoms with van der Waals surface area (Å²) < 4.78 is 5.28. The van der Waals surface area contributed by atoms with Gasteiger partial charge in [0.15, 0.2) is 0 Å². The van der Waals surface area contributed by atoms with E-state index in [9.17, 15) is 0 Å². The molecule has 14 heavy (non-hydrogen) atoms. The van der Waals surface area contributed by atoms with Crippen LogP contribution in [0.25, 0.3) is 0 Å². The van der Waals surface area contributed by atoms with Crippen LogP contribution in [-0.2, 0) is 6.42 Å². The maximum absolute atomic E-state index is 6.11. The van der Waals surface area contributed by atoms with E-state index in [0.29, 0.717) is 12.0 Å². The van der Waals surface area contributed by atoms with Gasteiger partial charge in [-0.25, -0.2) is 0 Å². The third-order valence-corrected chi connectivity index (χ3v) is 2.96. The van der Waals surface area contributed by atoms with Gasteiger partial charge in [-0.1, -0.05) is 26.7 Å². The minimum absolute atomic E-state index is 0.315. The third-order valence-electron chi connectivity index (χ3n) is 2.96. The van der Waals surface area contributed by atoms with Crippen molar-refractivity contribution in [3.8, 4) is 0 Å². The van der Waals surface area contributed by atoms with E-state index < -0.39 is 0 Å². The summed E-state index contributed by atoms with van der Waals surface area (Å²) in [4.78, 5) is 0. The van der Waals surface area contributed by atoms with E-state index in [4.69, 9.17) is 10.2 Å². The Balaban J connectivity index is 2.30. The lowest BCUT2D eigenvalue weighted by Gasteiger charge is -2.20. The summed E-state index contributed by atoms with van der Waals surface area (Å²) in [5, 5.41) is 0. The maximum Gasteiger partial charge on any atom is 0.103 e. The molecule has 0 aromatic carbocycles. The van der Waals surface area contributed by atoms with Gasteiger partial charge in [-0.3, -0.25) is 0 Å². The van der Waals surface area contributed by atoms with E-state index >= 15 is 0 Å². The van der Waals surface area contributed by atoms with Crippen molar-refractivity contribution in [2.24, 2.45) is 11.7 Å². The largest absolute Gasteiger partial charge is 0.469 e. The first-order chi connectivity index (χ1) is 6.77. The van der Waals surface area contributed by atoms with E-state index in [1.54, 1.807) is 6.26 Å². The van der Waals surface area contributed by atoms with Crippen molar-refractivity contribution in [2.45, 2.75) is 45.6 Å². The number of hydrogen-bond acceptors (Lipinski definition) is 2. The number of rotatable bonds is 6. The first-order valence-electron chi connectivity index (χ1n) is 5.55. The summed E-state index contributed by atoms with van der Waals surface area (Å²) in [6.07, 6.45) is 6.06. The van der Waals surface area contributed by atoms with Gasteiger partial charge in [0.1, 0.15) is 5.76 Å². The van der Waals surface area contributed by atoms with Crippen LogP contribution in [-0.4, -0.2) is 6.04 Å². The van der Waals surface area contributed by atoms with Gasteiger partial charge in [-0.05, 0) is 24.5 Å². The zero-order valence-electron chi connectivity index (χ0n) is 9.20. The molecule has 0 fully saturated rings. The molecule has 2 heteroatoms. The van der Waals surface area contributed by atoms with Crippen molar-refractivity contribution in [3.63, 3.8) is 0 Å². The predicted octanol–water partition coefficient (Wildman–Crippen LogP) is 2.98. The second-order valence-corrected chi connectivity index (χ2v) is 3.86. The van der Waals surface area contributed by atoms with Crippen LogP contribution in [0.4, 0.5) is 0 Å². The first-order valence-corrected chi connectivity index (χ1v) is 5.55. The highest BCUT2D eigenvalue weighted by molar-refractivity contribution is 4.98. The molecule has 0 amide bonds. The van der Waals surface area contributed by atoms with Crippen LogP contribution in [0.5, 0.6) is 0 Å². The summed E-state index contributed by atoms with van der Waals surface area (Å²) in [6.45, 7) is 4.42. The SMILES string of the molecule is CCC(CC)C(N)CCc1ccco1. The molecule has 1 aromatic heterocycles. The highest BCUT2D eigenvalue weighted by Gasteiger charge is 2.13. The van der Waals surface area contributed by atoms with Crippen molar-refractivity contribution >= 4 is 0 Å². The van der Waals surface area contributed by atoms with Gasteiger partial charge in [-0.15, -0.1) is 0 Å². The zero-order chi connectivity index (χ0) is 10.4. The number of aryl methyl sites for hydroxylation is 1. The molecule has 0 aliphatic rings. The van der Waals surface area contributed by atoms with Crippen LogP contribution in [0.15, 0.2) is 22.8 Å². The summed E-state index contributed by atoms with van der Waals surface area (Å²) in [7, 11) is 0. The molecule has 0 radical (unpaired) electrons. The monoisotopic (exact) mass is 195 g/mol. The Hall–Kier alpha value is -0.760. The Morgan fingerprint density at radius 2 is 2.07 bits per heavy atom. The van der Waals surface area contributed by atoms with Gasteiger partial charge in [0.25, 0.3) is 0 Å². The van der Waals surface area contributed by atoms with E-state index in [-0.39, 0.29) is 0 Å². The van der Waals surface area contributed by atoms with Crippen LogP contribution < -0.4 is 5.73 Å². The molecule has 1 atom stereocenters. The molecule has 80 valence electrons. The molecule has 0 spiro atoms. The van der Waals surface area contributed by atoms with Crippen molar-refractivity contribution in [1.29, 1.82) is 0 Å². The first kappa shape index (κ1) is 11.3.